The number of hydrogen-bond donors (Lipinski definition) is 3. The average Bonchev–Trinajstić information content (AvgIpc) is 3.03. The zero-order valence-electron chi connectivity index (χ0n) is 29.5. The first-order valence-electron chi connectivity index (χ1n) is 16.0. The lowest BCUT2D eigenvalue weighted by atomic mass is 9.93. The van der Waals surface area contributed by atoms with Crippen molar-refractivity contribution in [2.75, 3.05) is 13.2 Å². The molecule has 2 saturated heterocycles. The van der Waals surface area contributed by atoms with Crippen molar-refractivity contribution in [1.29, 1.82) is 0 Å². The summed E-state index contributed by atoms with van der Waals surface area (Å²) in [6.07, 6.45) is -9.28. The van der Waals surface area contributed by atoms with Crippen LogP contribution in [0.15, 0.2) is 24.5 Å². The molecule has 20 nitrogen and oxygen atoms in total. The monoisotopic (exact) mass is 738 g/mol. The summed E-state index contributed by atoms with van der Waals surface area (Å²) in [6.45, 7) is 6.57. The number of esters is 5. The number of ether oxygens (including phenoxy) is 8. The van der Waals surface area contributed by atoms with Crippen LogP contribution in [0.2, 0.25) is 0 Å². The number of aromatic nitrogens is 1. The van der Waals surface area contributed by atoms with Crippen LogP contribution >= 0.6 is 0 Å². The van der Waals surface area contributed by atoms with Crippen molar-refractivity contribution in [3.63, 3.8) is 0 Å². The number of carbonyl (C=O) groups is 8. The van der Waals surface area contributed by atoms with Crippen LogP contribution in [0.5, 0.6) is 0 Å². The van der Waals surface area contributed by atoms with Gasteiger partial charge in [-0.2, -0.15) is 0 Å². The molecule has 3 heterocycles. The molecule has 2 aliphatic rings. The Kier molecular flexibility index (Phi) is 14.9. The number of carbonyl (C=O) groups excluding carboxylic acids is 8. The van der Waals surface area contributed by atoms with Gasteiger partial charge < -0.3 is 53.8 Å². The first-order chi connectivity index (χ1) is 24.5. The lowest BCUT2D eigenvalue weighted by molar-refractivity contribution is -0.318. The van der Waals surface area contributed by atoms with Crippen molar-refractivity contribution in [2.45, 2.75) is 110 Å². The second-order valence-electron chi connectivity index (χ2n) is 11.7. The van der Waals surface area contributed by atoms with Gasteiger partial charge in [0, 0.05) is 60.9 Å². The Labute approximate surface area is 297 Å². The smallest absolute Gasteiger partial charge is 0.303 e. The highest BCUT2D eigenvalue weighted by molar-refractivity contribution is 5.94. The van der Waals surface area contributed by atoms with E-state index in [2.05, 4.69) is 20.9 Å². The van der Waals surface area contributed by atoms with Crippen LogP contribution in [-0.2, 0) is 71.5 Å². The van der Waals surface area contributed by atoms with Crippen LogP contribution in [0.1, 0.15) is 58.8 Å². The minimum absolute atomic E-state index is 0.109. The third-order valence-electron chi connectivity index (χ3n) is 7.37. The zero-order chi connectivity index (χ0) is 38.7. The van der Waals surface area contributed by atoms with Crippen LogP contribution in [-0.4, -0.2) is 127 Å². The first-order valence-corrected chi connectivity index (χ1v) is 16.0. The highest BCUT2D eigenvalue weighted by atomic mass is 16.7. The summed E-state index contributed by atoms with van der Waals surface area (Å²) in [5.41, 5.74) is 0.109. The molecule has 286 valence electrons. The molecule has 1 aromatic heterocycles. The SMILES string of the molecule is CC(=O)N[C@@H]1[C@@H](OC(C)=O)[C@H](O[C@@H]2O[C@H](COC(C)=O)[C@@H](OC(C)=O)[C@H](OC(C)=O)[C@H]2NC(C)=O)[C@@H](COC(C)=O)O[C@H]1NC(=O)c1cccnc1. The Morgan fingerprint density at radius 3 is 1.62 bits per heavy atom. The van der Waals surface area contributed by atoms with Crippen molar-refractivity contribution in [1.82, 2.24) is 20.9 Å². The van der Waals surface area contributed by atoms with Crippen molar-refractivity contribution in [3.05, 3.63) is 30.1 Å². The summed E-state index contributed by atoms with van der Waals surface area (Å²) in [7, 11) is 0. The van der Waals surface area contributed by atoms with E-state index in [1.165, 1.54) is 24.5 Å². The van der Waals surface area contributed by atoms with Gasteiger partial charge >= 0.3 is 29.8 Å². The van der Waals surface area contributed by atoms with Gasteiger partial charge in [-0.15, -0.1) is 0 Å². The summed E-state index contributed by atoms with van der Waals surface area (Å²) in [4.78, 5) is 103. The van der Waals surface area contributed by atoms with Gasteiger partial charge in [0.2, 0.25) is 11.8 Å². The van der Waals surface area contributed by atoms with Crippen LogP contribution < -0.4 is 16.0 Å². The fourth-order valence-corrected chi connectivity index (χ4v) is 5.56. The average molecular weight is 739 g/mol. The van der Waals surface area contributed by atoms with Gasteiger partial charge in [-0.05, 0) is 12.1 Å². The highest BCUT2D eigenvalue weighted by Gasteiger charge is 2.56. The molecule has 20 heteroatoms. The Balaban J connectivity index is 2.16. The summed E-state index contributed by atoms with van der Waals surface area (Å²) in [5, 5.41) is 7.75. The number of nitrogens with zero attached hydrogens (tertiary/aromatic N) is 1. The van der Waals surface area contributed by atoms with Gasteiger partial charge in [-0.25, -0.2) is 0 Å². The topological polar surface area (TPSA) is 259 Å². The summed E-state index contributed by atoms with van der Waals surface area (Å²) < 4.78 is 45.6. The van der Waals surface area contributed by atoms with E-state index in [-0.39, 0.29) is 5.56 Å². The standard InChI is InChI=1S/C32H42N4O16/c1-14(37)34-24-28(48-19(6)42)27(22(12-45-16(3)39)50-31(24)36-30(44)21-9-8-10-33-11-21)52-32-25(35-15(2)38)29(49-20(7)43)26(47-18(5)41)23(51-32)13-46-17(4)40/h8-11,22-29,31-32H,12-13H2,1-7H3,(H,34,37)(H,35,38)(H,36,44)/t22-,23-,24-,25-,26-,27-,28-,29-,31-,32+/m1/s1. The zero-order valence-corrected chi connectivity index (χ0v) is 29.5. The molecule has 0 unspecified atom stereocenters. The summed E-state index contributed by atoms with van der Waals surface area (Å²) in [5.74, 6) is -6.10. The van der Waals surface area contributed by atoms with Gasteiger partial charge in [0.15, 0.2) is 30.8 Å². The molecule has 52 heavy (non-hydrogen) atoms. The van der Waals surface area contributed by atoms with Gasteiger partial charge in [0.25, 0.3) is 5.91 Å². The fraction of sp³-hybridized carbons (Fsp3) is 0.594. The van der Waals surface area contributed by atoms with E-state index in [0.717, 1.165) is 48.5 Å². The van der Waals surface area contributed by atoms with Gasteiger partial charge in [0.05, 0.1) is 5.56 Å². The maximum absolute atomic E-state index is 13.2. The predicted octanol–water partition coefficient (Wildman–Crippen LogP) is -1.42. The molecule has 0 radical (unpaired) electrons. The Morgan fingerprint density at radius 1 is 0.635 bits per heavy atom. The van der Waals surface area contributed by atoms with Crippen LogP contribution in [0.4, 0.5) is 0 Å². The molecule has 0 saturated carbocycles. The third-order valence-corrected chi connectivity index (χ3v) is 7.37. The van der Waals surface area contributed by atoms with Crippen molar-refractivity contribution < 1.29 is 76.3 Å². The summed E-state index contributed by atoms with van der Waals surface area (Å²) in [6, 6.07) is 0.130. The minimum atomic E-state index is -1.70. The number of rotatable bonds is 13. The molecule has 3 N–H and O–H groups in total. The lowest BCUT2D eigenvalue weighted by Crippen LogP contribution is -2.72. The van der Waals surface area contributed by atoms with E-state index in [1.54, 1.807) is 0 Å². The van der Waals surface area contributed by atoms with Crippen LogP contribution in [0, 0.1) is 0 Å². The van der Waals surface area contributed by atoms with Crippen LogP contribution in [0.3, 0.4) is 0 Å². The molecule has 0 spiro atoms. The molecular weight excluding hydrogens is 696 g/mol. The predicted molar refractivity (Wildman–Crippen MR) is 169 cm³/mol. The van der Waals surface area contributed by atoms with E-state index < -0.39 is 122 Å². The van der Waals surface area contributed by atoms with E-state index in [4.69, 9.17) is 37.9 Å². The molecule has 0 bridgehead atoms. The van der Waals surface area contributed by atoms with Gasteiger partial charge in [-0.1, -0.05) is 0 Å². The Bertz CT molecular complexity index is 1490. The van der Waals surface area contributed by atoms with E-state index in [1.807, 2.05) is 0 Å². The van der Waals surface area contributed by atoms with Crippen molar-refractivity contribution in [2.24, 2.45) is 0 Å². The number of nitrogens with one attached hydrogen (secondary N) is 3. The van der Waals surface area contributed by atoms with E-state index in [0.29, 0.717) is 0 Å². The second-order valence-corrected chi connectivity index (χ2v) is 11.7. The molecule has 3 amide bonds. The maximum Gasteiger partial charge on any atom is 0.303 e. The van der Waals surface area contributed by atoms with E-state index in [9.17, 15) is 38.4 Å². The molecule has 0 aromatic carbocycles. The number of amides is 3. The Hall–Kier alpha value is -5.21. The number of hydrogen-bond acceptors (Lipinski definition) is 17. The largest absolute Gasteiger partial charge is 0.463 e. The lowest BCUT2D eigenvalue weighted by Gasteiger charge is -2.49. The van der Waals surface area contributed by atoms with Gasteiger partial charge in [-0.3, -0.25) is 43.3 Å². The molecule has 2 fully saturated rings. The first kappa shape index (κ1) is 41.2. The van der Waals surface area contributed by atoms with Crippen molar-refractivity contribution >= 4 is 47.6 Å². The quantitative estimate of drug-likeness (QED) is 0.155. The van der Waals surface area contributed by atoms with Gasteiger partial charge in [0.1, 0.15) is 43.6 Å². The molecule has 10 atom stereocenters. The maximum atomic E-state index is 13.2. The number of pyridine rings is 1. The highest BCUT2D eigenvalue weighted by Crippen LogP contribution is 2.33. The third kappa shape index (κ3) is 11.9. The molecule has 1 aromatic rings. The van der Waals surface area contributed by atoms with Crippen molar-refractivity contribution in [3.8, 4) is 0 Å². The second kappa shape index (κ2) is 18.9. The molecule has 0 aliphatic carbocycles. The fourth-order valence-electron chi connectivity index (χ4n) is 5.56. The normalized spacial score (nSPS) is 28.2. The van der Waals surface area contributed by atoms with E-state index >= 15 is 0 Å². The van der Waals surface area contributed by atoms with Crippen LogP contribution in [0.25, 0.3) is 0 Å². The molecule has 3 rings (SSSR count). The summed E-state index contributed by atoms with van der Waals surface area (Å²) >= 11 is 0. The minimum Gasteiger partial charge on any atom is -0.463 e. The Morgan fingerprint density at radius 2 is 1.13 bits per heavy atom. The molecular formula is C32H42N4O16. The molecule has 2 aliphatic heterocycles.